The summed E-state index contributed by atoms with van der Waals surface area (Å²) in [6.07, 6.45) is 3.22. The van der Waals surface area contributed by atoms with Crippen molar-refractivity contribution in [2.45, 2.75) is 57.1 Å². The first-order chi connectivity index (χ1) is 12.4. The second-order valence-electron chi connectivity index (χ2n) is 6.97. The fourth-order valence-electron chi connectivity index (χ4n) is 3.46. The number of hydrogen-bond donors (Lipinski definition) is 3. The molecule has 0 saturated heterocycles. The standard InChI is InChI=1S/C18H26N4O2S2.ClH/c1-9-10(2)26-18-15(9)17(24)21-14(22-18)8-25-11(3)16(23)20-13-6-4-5-12(13)7-19;/h11-13H,4-8,19H2,1-3H3,(H,20,23)(H,21,22,24);1H. The first kappa shape index (κ1) is 22.2. The van der Waals surface area contributed by atoms with Gasteiger partial charge in [0.25, 0.3) is 5.56 Å². The molecule has 0 bridgehead atoms. The van der Waals surface area contributed by atoms with Crippen molar-refractivity contribution in [3.05, 3.63) is 26.6 Å². The number of rotatable bonds is 6. The first-order valence-corrected chi connectivity index (χ1v) is 10.9. The molecule has 2 heterocycles. The number of carbonyl (C=O) groups is 1. The molecule has 3 rings (SSSR count). The van der Waals surface area contributed by atoms with Gasteiger partial charge in [-0.2, -0.15) is 0 Å². The second-order valence-corrected chi connectivity index (χ2v) is 9.50. The third-order valence-corrected chi connectivity index (χ3v) is 7.47. The lowest BCUT2D eigenvalue weighted by molar-refractivity contribution is -0.121. The quantitative estimate of drug-likeness (QED) is 0.654. The average Bonchev–Trinajstić information content (AvgIpc) is 3.16. The zero-order valence-electron chi connectivity index (χ0n) is 15.8. The van der Waals surface area contributed by atoms with Gasteiger partial charge < -0.3 is 16.0 Å². The molecule has 3 atom stereocenters. The van der Waals surface area contributed by atoms with Crippen LogP contribution in [0, 0.1) is 19.8 Å². The zero-order chi connectivity index (χ0) is 18.8. The molecule has 27 heavy (non-hydrogen) atoms. The summed E-state index contributed by atoms with van der Waals surface area (Å²) in [4.78, 5) is 34.1. The molecule has 9 heteroatoms. The van der Waals surface area contributed by atoms with Crippen LogP contribution < -0.4 is 16.6 Å². The monoisotopic (exact) mass is 430 g/mol. The highest BCUT2D eigenvalue weighted by Crippen LogP contribution is 2.27. The van der Waals surface area contributed by atoms with E-state index < -0.39 is 0 Å². The highest BCUT2D eigenvalue weighted by Gasteiger charge is 2.28. The number of aryl methyl sites for hydroxylation is 2. The van der Waals surface area contributed by atoms with E-state index in [-0.39, 0.29) is 35.2 Å². The SMILES string of the molecule is Cc1sc2nc(CSC(C)C(=O)NC3CCCC3CN)[nH]c(=O)c2c1C.Cl. The van der Waals surface area contributed by atoms with Crippen molar-refractivity contribution in [1.29, 1.82) is 0 Å². The zero-order valence-corrected chi connectivity index (χ0v) is 18.3. The topological polar surface area (TPSA) is 101 Å². The number of H-pyrrole nitrogens is 1. The van der Waals surface area contributed by atoms with E-state index in [1.165, 1.54) is 11.8 Å². The Hall–Kier alpha value is -1.09. The smallest absolute Gasteiger partial charge is 0.259 e. The second kappa shape index (κ2) is 9.41. The molecule has 150 valence electrons. The molecular formula is C18H27ClN4O2S2. The first-order valence-electron chi connectivity index (χ1n) is 9.01. The summed E-state index contributed by atoms with van der Waals surface area (Å²) < 4.78 is 0. The number of thiophene rings is 1. The number of aromatic amines is 1. The third kappa shape index (κ3) is 4.85. The summed E-state index contributed by atoms with van der Waals surface area (Å²) in [7, 11) is 0. The summed E-state index contributed by atoms with van der Waals surface area (Å²) >= 11 is 3.03. The largest absolute Gasteiger partial charge is 0.352 e. The van der Waals surface area contributed by atoms with E-state index in [0.29, 0.717) is 29.4 Å². The van der Waals surface area contributed by atoms with E-state index in [1.54, 1.807) is 11.3 Å². The fourth-order valence-corrected chi connectivity index (χ4v) is 5.27. The minimum absolute atomic E-state index is 0. The van der Waals surface area contributed by atoms with E-state index >= 15 is 0 Å². The van der Waals surface area contributed by atoms with Gasteiger partial charge in [-0.3, -0.25) is 9.59 Å². The molecule has 4 N–H and O–H groups in total. The number of hydrogen-bond acceptors (Lipinski definition) is 6. The molecule has 2 aromatic heterocycles. The van der Waals surface area contributed by atoms with E-state index in [4.69, 9.17) is 5.73 Å². The van der Waals surface area contributed by atoms with Gasteiger partial charge in [-0.1, -0.05) is 6.42 Å². The average molecular weight is 431 g/mol. The Labute approximate surface area is 173 Å². The summed E-state index contributed by atoms with van der Waals surface area (Å²) in [5.74, 6) is 1.54. The number of halogens is 1. The lowest BCUT2D eigenvalue weighted by atomic mass is 10.0. The van der Waals surface area contributed by atoms with Gasteiger partial charge in [0.15, 0.2) is 0 Å². The minimum Gasteiger partial charge on any atom is -0.352 e. The molecule has 1 aliphatic rings. The predicted molar refractivity (Wildman–Crippen MR) is 116 cm³/mol. The van der Waals surface area contributed by atoms with Gasteiger partial charge in [-0.15, -0.1) is 35.5 Å². The number of aromatic nitrogens is 2. The van der Waals surface area contributed by atoms with Gasteiger partial charge in [0.05, 0.1) is 16.4 Å². The molecule has 1 fully saturated rings. The maximum atomic E-state index is 12.4. The van der Waals surface area contributed by atoms with Crippen molar-refractivity contribution in [3.8, 4) is 0 Å². The predicted octanol–water partition coefficient (Wildman–Crippen LogP) is 2.89. The van der Waals surface area contributed by atoms with Gasteiger partial charge in [-0.25, -0.2) is 4.98 Å². The van der Waals surface area contributed by atoms with E-state index in [2.05, 4.69) is 15.3 Å². The Bertz CT molecular complexity index is 867. The molecule has 6 nitrogen and oxygen atoms in total. The molecule has 0 radical (unpaired) electrons. The minimum atomic E-state index is -0.207. The molecule has 0 aromatic carbocycles. The maximum absolute atomic E-state index is 12.4. The van der Waals surface area contributed by atoms with Crippen molar-refractivity contribution in [2.24, 2.45) is 11.7 Å². The number of nitrogens with two attached hydrogens (primary N) is 1. The molecule has 0 aliphatic heterocycles. The Morgan fingerprint density at radius 2 is 2.19 bits per heavy atom. The Balaban J connectivity index is 0.00000261. The van der Waals surface area contributed by atoms with Crippen LogP contribution >= 0.6 is 35.5 Å². The number of amides is 1. The van der Waals surface area contributed by atoms with Crippen LogP contribution in [0.15, 0.2) is 4.79 Å². The van der Waals surface area contributed by atoms with Crippen molar-refractivity contribution < 1.29 is 4.79 Å². The lowest BCUT2D eigenvalue weighted by Crippen LogP contribution is -2.43. The van der Waals surface area contributed by atoms with Crippen LogP contribution in [0.4, 0.5) is 0 Å². The molecule has 3 unspecified atom stereocenters. The molecule has 1 saturated carbocycles. The fraction of sp³-hybridized carbons (Fsp3) is 0.611. The molecule has 2 aromatic rings. The van der Waals surface area contributed by atoms with Crippen LogP contribution in [-0.4, -0.2) is 33.7 Å². The highest BCUT2D eigenvalue weighted by atomic mass is 35.5. The van der Waals surface area contributed by atoms with Gasteiger partial charge in [0.2, 0.25) is 5.91 Å². The molecule has 1 amide bonds. The Morgan fingerprint density at radius 1 is 1.44 bits per heavy atom. The summed E-state index contributed by atoms with van der Waals surface area (Å²) in [5, 5.41) is 3.61. The maximum Gasteiger partial charge on any atom is 0.259 e. The summed E-state index contributed by atoms with van der Waals surface area (Å²) in [5.41, 5.74) is 6.69. The van der Waals surface area contributed by atoms with E-state index in [9.17, 15) is 9.59 Å². The van der Waals surface area contributed by atoms with Crippen LogP contribution in [0.3, 0.4) is 0 Å². The van der Waals surface area contributed by atoms with Gasteiger partial charge in [0, 0.05) is 10.9 Å². The van der Waals surface area contributed by atoms with Gasteiger partial charge in [-0.05, 0) is 51.6 Å². The van der Waals surface area contributed by atoms with E-state index in [0.717, 1.165) is 34.5 Å². The molecule has 0 spiro atoms. The lowest BCUT2D eigenvalue weighted by Gasteiger charge is -2.21. The van der Waals surface area contributed by atoms with Crippen LogP contribution in [0.2, 0.25) is 0 Å². The summed E-state index contributed by atoms with van der Waals surface area (Å²) in [6.45, 7) is 6.46. The summed E-state index contributed by atoms with van der Waals surface area (Å²) in [6, 6.07) is 0.196. The Morgan fingerprint density at radius 3 is 2.89 bits per heavy atom. The highest BCUT2D eigenvalue weighted by molar-refractivity contribution is 7.99. The van der Waals surface area contributed by atoms with Gasteiger partial charge >= 0.3 is 0 Å². The van der Waals surface area contributed by atoms with Crippen molar-refractivity contribution in [1.82, 2.24) is 15.3 Å². The van der Waals surface area contributed by atoms with Crippen LogP contribution in [0.5, 0.6) is 0 Å². The number of nitrogens with one attached hydrogen (secondary N) is 2. The number of carbonyl (C=O) groups excluding carboxylic acids is 1. The van der Waals surface area contributed by atoms with Crippen molar-refractivity contribution in [2.75, 3.05) is 6.54 Å². The van der Waals surface area contributed by atoms with Crippen molar-refractivity contribution in [3.63, 3.8) is 0 Å². The normalized spacial score (nSPS) is 20.4. The molecule has 1 aliphatic carbocycles. The number of fused-ring (bicyclic) bond motifs is 1. The van der Waals surface area contributed by atoms with E-state index in [1.807, 2.05) is 20.8 Å². The van der Waals surface area contributed by atoms with Crippen LogP contribution in [0.25, 0.3) is 10.2 Å². The van der Waals surface area contributed by atoms with Crippen molar-refractivity contribution >= 4 is 51.6 Å². The molecular weight excluding hydrogens is 404 g/mol. The Kier molecular flexibility index (Phi) is 7.73. The number of nitrogens with zero attached hydrogens (tertiary/aromatic N) is 1. The van der Waals surface area contributed by atoms with Gasteiger partial charge in [0.1, 0.15) is 10.7 Å². The number of thioether (sulfide) groups is 1. The van der Waals surface area contributed by atoms with Crippen LogP contribution in [0.1, 0.15) is 42.5 Å². The van der Waals surface area contributed by atoms with Crippen LogP contribution in [-0.2, 0) is 10.5 Å². The third-order valence-electron chi connectivity index (χ3n) is 5.22.